The van der Waals surface area contributed by atoms with Gasteiger partial charge < -0.3 is 15.1 Å². The Morgan fingerprint density at radius 3 is 2.33 bits per heavy atom. The van der Waals surface area contributed by atoms with Crippen LogP contribution in [0, 0.1) is 6.92 Å². The minimum Gasteiger partial charge on any atom is -0.368 e. The summed E-state index contributed by atoms with van der Waals surface area (Å²) in [5.41, 5.74) is 4.21. The molecule has 1 aromatic heterocycles. The third-order valence-electron chi connectivity index (χ3n) is 5.68. The van der Waals surface area contributed by atoms with Crippen LogP contribution in [0.4, 0.5) is 11.4 Å². The molecule has 2 fully saturated rings. The zero-order valence-electron chi connectivity index (χ0n) is 16.0. The SMILES string of the molecule is Cc1cccc(N2CCN(c3ccc(C(=O)NC4CCCC4)nc3)CC2)c1. The van der Waals surface area contributed by atoms with Crippen molar-refractivity contribution in [1.29, 1.82) is 0 Å². The summed E-state index contributed by atoms with van der Waals surface area (Å²) >= 11 is 0. The number of nitrogens with zero attached hydrogens (tertiary/aromatic N) is 3. The molecule has 27 heavy (non-hydrogen) atoms. The van der Waals surface area contributed by atoms with Crippen LogP contribution in [0.15, 0.2) is 42.6 Å². The summed E-state index contributed by atoms with van der Waals surface area (Å²) in [6.45, 7) is 6.04. The van der Waals surface area contributed by atoms with Crippen LogP contribution >= 0.6 is 0 Å². The second-order valence-corrected chi connectivity index (χ2v) is 7.67. The number of piperazine rings is 1. The molecule has 0 bridgehead atoms. The highest BCUT2D eigenvalue weighted by molar-refractivity contribution is 5.92. The van der Waals surface area contributed by atoms with Crippen molar-refractivity contribution in [3.05, 3.63) is 53.9 Å². The van der Waals surface area contributed by atoms with E-state index in [0.29, 0.717) is 11.7 Å². The maximum Gasteiger partial charge on any atom is 0.270 e. The Kier molecular flexibility index (Phi) is 5.28. The van der Waals surface area contributed by atoms with Crippen LogP contribution in [0.2, 0.25) is 0 Å². The molecule has 0 spiro atoms. The minimum absolute atomic E-state index is 0.0438. The molecule has 0 radical (unpaired) electrons. The number of amides is 1. The van der Waals surface area contributed by atoms with Crippen molar-refractivity contribution in [1.82, 2.24) is 10.3 Å². The van der Waals surface area contributed by atoms with Gasteiger partial charge in [-0.15, -0.1) is 0 Å². The van der Waals surface area contributed by atoms with Crippen molar-refractivity contribution < 1.29 is 4.79 Å². The van der Waals surface area contributed by atoms with Gasteiger partial charge in [-0.25, -0.2) is 4.98 Å². The number of aryl methyl sites for hydroxylation is 1. The summed E-state index contributed by atoms with van der Waals surface area (Å²) in [5.74, 6) is -0.0438. The number of carbonyl (C=O) groups excluding carboxylic acids is 1. The highest BCUT2D eigenvalue weighted by Gasteiger charge is 2.20. The maximum atomic E-state index is 12.3. The van der Waals surface area contributed by atoms with Crippen LogP contribution in [-0.2, 0) is 0 Å². The van der Waals surface area contributed by atoms with E-state index in [2.05, 4.69) is 51.3 Å². The standard InChI is InChI=1S/C22H28N4O/c1-17-5-4-8-19(15-17)25-11-13-26(14-12-25)20-9-10-21(23-16-20)22(27)24-18-6-2-3-7-18/h4-5,8-10,15-16,18H,2-3,6-7,11-14H2,1H3,(H,24,27). The van der Waals surface area contributed by atoms with E-state index < -0.39 is 0 Å². The molecule has 1 aliphatic heterocycles. The van der Waals surface area contributed by atoms with Crippen molar-refractivity contribution >= 4 is 17.3 Å². The fraction of sp³-hybridized carbons (Fsp3) is 0.455. The third-order valence-corrected chi connectivity index (χ3v) is 5.68. The van der Waals surface area contributed by atoms with Crippen LogP contribution in [-0.4, -0.2) is 43.1 Å². The summed E-state index contributed by atoms with van der Waals surface area (Å²) < 4.78 is 0. The molecule has 1 saturated carbocycles. The number of anilines is 2. The smallest absolute Gasteiger partial charge is 0.270 e. The molecule has 1 amide bonds. The Labute approximate surface area is 161 Å². The van der Waals surface area contributed by atoms with Gasteiger partial charge in [0.1, 0.15) is 5.69 Å². The lowest BCUT2D eigenvalue weighted by Crippen LogP contribution is -2.46. The highest BCUT2D eigenvalue weighted by Crippen LogP contribution is 2.21. The lowest BCUT2D eigenvalue weighted by atomic mass is 10.2. The molecular formula is C22H28N4O. The summed E-state index contributed by atoms with van der Waals surface area (Å²) in [6.07, 6.45) is 6.45. The Bertz CT molecular complexity index is 775. The Hall–Kier alpha value is -2.56. The van der Waals surface area contributed by atoms with Gasteiger partial charge in [0.05, 0.1) is 11.9 Å². The van der Waals surface area contributed by atoms with Gasteiger partial charge in [0.25, 0.3) is 5.91 Å². The molecule has 1 saturated heterocycles. The van der Waals surface area contributed by atoms with Crippen LogP contribution in [0.5, 0.6) is 0 Å². The number of aromatic nitrogens is 1. The van der Waals surface area contributed by atoms with E-state index in [1.807, 2.05) is 18.3 Å². The molecule has 5 nitrogen and oxygen atoms in total. The largest absolute Gasteiger partial charge is 0.368 e. The second-order valence-electron chi connectivity index (χ2n) is 7.67. The van der Waals surface area contributed by atoms with E-state index in [1.54, 1.807) is 0 Å². The van der Waals surface area contributed by atoms with E-state index in [0.717, 1.165) is 44.7 Å². The summed E-state index contributed by atoms with van der Waals surface area (Å²) in [4.78, 5) is 21.5. The number of carbonyl (C=O) groups is 1. The number of rotatable bonds is 4. The lowest BCUT2D eigenvalue weighted by molar-refractivity contribution is 0.0933. The molecule has 4 rings (SSSR count). The quantitative estimate of drug-likeness (QED) is 0.903. The Morgan fingerprint density at radius 1 is 1.00 bits per heavy atom. The fourth-order valence-electron chi connectivity index (χ4n) is 4.08. The Morgan fingerprint density at radius 2 is 1.70 bits per heavy atom. The molecule has 0 atom stereocenters. The van der Waals surface area contributed by atoms with Gasteiger partial charge in [-0.05, 0) is 49.6 Å². The number of pyridine rings is 1. The molecule has 0 unspecified atom stereocenters. The topological polar surface area (TPSA) is 48.5 Å². The van der Waals surface area contributed by atoms with E-state index in [1.165, 1.54) is 24.1 Å². The van der Waals surface area contributed by atoms with Gasteiger partial charge in [0, 0.05) is 37.9 Å². The van der Waals surface area contributed by atoms with E-state index in [4.69, 9.17) is 0 Å². The van der Waals surface area contributed by atoms with Gasteiger partial charge in [0.2, 0.25) is 0 Å². The van der Waals surface area contributed by atoms with Gasteiger partial charge in [0.15, 0.2) is 0 Å². The van der Waals surface area contributed by atoms with Gasteiger partial charge in [-0.1, -0.05) is 25.0 Å². The molecule has 1 aliphatic carbocycles. The minimum atomic E-state index is -0.0438. The van der Waals surface area contributed by atoms with Crippen LogP contribution in [0.25, 0.3) is 0 Å². The van der Waals surface area contributed by atoms with Crippen molar-refractivity contribution in [2.24, 2.45) is 0 Å². The van der Waals surface area contributed by atoms with Crippen LogP contribution in [0.3, 0.4) is 0 Å². The first-order valence-electron chi connectivity index (χ1n) is 10.0. The first-order valence-corrected chi connectivity index (χ1v) is 10.0. The predicted octanol–water partition coefficient (Wildman–Crippen LogP) is 3.39. The molecule has 5 heteroatoms. The van der Waals surface area contributed by atoms with E-state index in [9.17, 15) is 4.79 Å². The molecule has 1 aromatic carbocycles. The zero-order valence-corrected chi connectivity index (χ0v) is 16.0. The van der Waals surface area contributed by atoms with E-state index in [-0.39, 0.29) is 5.91 Å². The van der Waals surface area contributed by atoms with Crippen LogP contribution in [0.1, 0.15) is 41.7 Å². The fourth-order valence-corrected chi connectivity index (χ4v) is 4.08. The Balaban J connectivity index is 1.34. The first kappa shape index (κ1) is 17.8. The van der Waals surface area contributed by atoms with Gasteiger partial charge >= 0.3 is 0 Å². The zero-order chi connectivity index (χ0) is 18.6. The van der Waals surface area contributed by atoms with Crippen LogP contribution < -0.4 is 15.1 Å². The molecule has 1 N–H and O–H groups in total. The van der Waals surface area contributed by atoms with E-state index >= 15 is 0 Å². The average Bonchev–Trinajstić information content (AvgIpc) is 3.21. The molecule has 2 aromatic rings. The maximum absolute atomic E-state index is 12.3. The van der Waals surface area contributed by atoms with Gasteiger partial charge in [-0.2, -0.15) is 0 Å². The van der Waals surface area contributed by atoms with Crippen molar-refractivity contribution in [2.75, 3.05) is 36.0 Å². The average molecular weight is 364 g/mol. The summed E-state index contributed by atoms with van der Waals surface area (Å²) in [7, 11) is 0. The number of benzene rings is 1. The molecular weight excluding hydrogens is 336 g/mol. The highest BCUT2D eigenvalue weighted by atomic mass is 16.1. The molecule has 2 aliphatic rings. The molecule has 142 valence electrons. The second kappa shape index (κ2) is 7.99. The van der Waals surface area contributed by atoms with Gasteiger partial charge in [-0.3, -0.25) is 4.79 Å². The summed E-state index contributed by atoms with van der Waals surface area (Å²) in [5, 5.41) is 3.10. The molecule has 2 heterocycles. The number of hydrogen-bond acceptors (Lipinski definition) is 4. The monoisotopic (exact) mass is 364 g/mol. The van der Waals surface area contributed by atoms with Crippen molar-refractivity contribution in [2.45, 2.75) is 38.6 Å². The first-order chi connectivity index (χ1) is 13.2. The number of hydrogen-bond donors (Lipinski definition) is 1. The third kappa shape index (κ3) is 4.24. The normalized spacial score (nSPS) is 18.0. The summed E-state index contributed by atoms with van der Waals surface area (Å²) in [6, 6.07) is 12.9. The van der Waals surface area contributed by atoms with Crippen molar-refractivity contribution in [3.63, 3.8) is 0 Å². The van der Waals surface area contributed by atoms with Crippen molar-refractivity contribution in [3.8, 4) is 0 Å². The number of nitrogens with one attached hydrogen (secondary N) is 1. The predicted molar refractivity (Wildman–Crippen MR) is 110 cm³/mol. The lowest BCUT2D eigenvalue weighted by Gasteiger charge is -2.37.